The lowest BCUT2D eigenvalue weighted by molar-refractivity contribution is 0.118. The summed E-state index contributed by atoms with van der Waals surface area (Å²) in [6.07, 6.45) is 0. The van der Waals surface area contributed by atoms with E-state index in [-0.39, 0.29) is 11.5 Å². The molecule has 0 aromatic rings. The van der Waals surface area contributed by atoms with Gasteiger partial charge in [0.1, 0.15) is 12.2 Å². The van der Waals surface area contributed by atoms with Gasteiger partial charge in [-0.05, 0) is 19.3 Å². The minimum absolute atomic E-state index is 0.104. The van der Waals surface area contributed by atoms with Crippen LogP contribution in [0.3, 0.4) is 0 Å². The highest BCUT2D eigenvalue weighted by Gasteiger charge is 2.35. The zero-order valence-electron chi connectivity index (χ0n) is 9.09. The summed E-state index contributed by atoms with van der Waals surface area (Å²) >= 11 is 0. The van der Waals surface area contributed by atoms with Gasteiger partial charge in [-0.1, -0.05) is 20.8 Å². The Morgan fingerprint density at radius 1 is 1.31 bits per heavy atom. The zero-order valence-corrected chi connectivity index (χ0v) is 9.09. The van der Waals surface area contributed by atoms with Crippen molar-refractivity contribution in [1.29, 1.82) is 0 Å². The molecule has 1 heterocycles. The lowest BCUT2D eigenvalue weighted by Gasteiger charge is -2.22. The highest BCUT2D eigenvalue weighted by Crippen LogP contribution is 2.27. The molecule has 0 saturated heterocycles. The maximum absolute atomic E-state index is 9.65. The minimum Gasteiger partial charge on any atom is -0.477 e. The highest BCUT2D eigenvalue weighted by atomic mass is 16.5. The van der Waals surface area contributed by atoms with Crippen molar-refractivity contribution in [1.82, 2.24) is 0 Å². The first kappa shape index (κ1) is 10.5. The molecule has 1 rings (SSSR count). The Morgan fingerprint density at radius 2 is 1.85 bits per heavy atom. The molecular formula is C10H19NO2. The predicted molar refractivity (Wildman–Crippen MR) is 52.9 cm³/mol. The van der Waals surface area contributed by atoms with E-state index < -0.39 is 5.60 Å². The van der Waals surface area contributed by atoms with Crippen LogP contribution in [0.1, 0.15) is 34.6 Å². The number of rotatable bonds is 1. The molecule has 0 saturated carbocycles. The van der Waals surface area contributed by atoms with Crippen molar-refractivity contribution >= 4 is 5.90 Å². The first-order valence-corrected chi connectivity index (χ1v) is 4.65. The fourth-order valence-corrected chi connectivity index (χ4v) is 1.15. The van der Waals surface area contributed by atoms with Crippen molar-refractivity contribution < 1.29 is 9.84 Å². The van der Waals surface area contributed by atoms with Crippen LogP contribution in [0.5, 0.6) is 0 Å². The van der Waals surface area contributed by atoms with Crippen LogP contribution in [-0.2, 0) is 4.74 Å². The van der Waals surface area contributed by atoms with Crippen LogP contribution in [0.15, 0.2) is 4.99 Å². The van der Waals surface area contributed by atoms with E-state index in [1.54, 1.807) is 13.8 Å². The van der Waals surface area contributed by atoms with Crippen molar-refractivity contribution in [3.63, 3.8) is 0 Å². The van der Waals surface area contributed by atoms with E-state index in [1.165, 1.54) is 0 Å². The first-order chi connectivity index (χ1) is 5.71. The van der Waals surface area contributed by atoms with Crippen LogP contribution < -0.4 is 0 Å². The van der Waals surface area contributed by atoms with Crippen molar-refractivity contribution in [2.75, 3.05) is 6.61 Å². The molecule has 76 valence electrons. The summed E-state index contributed by atoms with van der Waals surface area (Å²) in [5, 5.41) is 9.65. The summed E-state index contributed by atoms with van der Waals surface area (Å²) in [5.41, 5.74) is -0.840. The van der Waals surface area contributed by atoms with E-state index in [0.717, 1.165) is 0 Å². The summed E-state index contributed by atoms with van der Waals surface area (Å²) in [4.78, 5) is 4.38. The van der Waals surface area contributed by atoms with Gasteiger partial charge in [0.2, 0.25) is 5.90 Å². The third kappa shape index (κ3) is 2.44. The quantitative estimate of drug-likeness (QED) is 0.674. The molecule has 0 unspecified atom stereocenters. The first-order valence-electron chi connectivity index (χ1n) is 4.65. The fourth-order valence-electron chi connectivity index (χ4n) is 1.15. The standard InChI is InChI=1S/C10H19NO2/c1-9(2,3)7-6-13-8(11-7)10(4,5)12/h7,12H,6H2,1-5H3/t7-/m0/s1. The molecule has 1 atom stereocenters. The highest BCUT2D eigenvalue weighted by molar-refractivity contribution is 5.85. The summed E-state index contributed by atoms with van der Waals surface area (Å²) in [6, 6.07) is 0.161. The Labute approximate surface area is 79.8 Å². The normalized spacial score (nSPS) is 24.2. The Balaban J connectivity index is 2.76. The average Bonchev–Trinajstić information content (AvgIpc) is 2.28. The van der Waals surface area contributed by atoms with Gasteiger partial charge in [-0.25, -0.2) is 4.99 Å². The summed E-state index contributed by atoms with van der Waals surface area (Å²) in [6.45, 7) is 10.3. The number of hydrogen-bond acceptors (Lipinski definition) is 3. The lowest BCUT2D eigenvalue weighted by atomic mass is 9.88. The van der Waals surface area contributed by atoms with Crippen LogP contribution in [0.4, 0.5) is 0 Å². The second-order valence-corrected chi connectivity index (χ2v) is 5.19. The zero-order chi connectivity index (χ0) is 10.3. The molecule has 3 heteroatoms. The van der Waals surface area contributed by atoms with Crippen molar-refractivity contribution in [2.45, 2.75) is 46.3 Å². The molecule has 1 aliphatic heterocycles. The topological polar surface area (TPSA) is 41.8 Å². The van der Waals surface area contributed by atoms with Crippen molar-refractivity contribution in [3.8, 4) is 0 Å². The van der Waals surface area contributed by atoms with E-state index in [0.29, 0.717) is 12.5 Å². The molecule has 1 N–H and O–H groups in total. The van der Waals surface area contributed by atoms with Gasteiger partial charge in [0, 0.05) is 0 Å². The second-order valence-electron chi connectivity index (χ2n) is 5.19. The van der Waals surface area contributed by atoms with Gasteiger partial charge in [-0.15, -0.1) is 0 Å². The van der Waals surface area contributed by atoms with Crippen LogP contribution in [0.2, 0.25) is 0 Å². The Hall–Kier alpha value is -0.570. The molecule has 0 aliphatic carbocycles. The summed E-state index contributed by atoms with van der Waals surface area (Å²) in [5.74, 6) is 0.465. The van der Waals surface area contributed by atoms with E-state index in [4.69, 9.17) is 4.74 Å². The largest absolute Gasteiger partial charge is 0.477 e. The van der Waals surface area contributed by atoms with Gasteiger partial charge in [-0.3, -0.25) is 0 Å². The third-order valence-corrected chi connectivity index (χ3v) is 2.17. The number of ether oxygens (including phenoxy) is 1. The second kappa shape index (κ2) is 2.98. The Morgan fingerprint density at radius 3 is 2.08 bits per heavy atom. The Kier molecular flexibility index (Phi) is 2.41. The third-order valence-electron chi connectivity index (χ3n) is 2.17. The van der Waals surface area contributed by atoms with E-state index >= 15 is 0 Å². The van der Waals surface area contributed by atoms with Gasteiger partial charge in [0.15, 0.2) is 0 Å². The molecule has 1 aliphatic rings. The number of aliphatic imine (C=N–C) groups is 1. The number of aliphatic hydroxyl groups is 1. The molecule has 13 heavy (non-hydrogen) atoms. The molecule has 0 bridgehead atoms. The van der Waals surface area contributed by atoms with Gasteiger partial charge < -0.3 is 9.84 Å². The van der Waals surface area contributed by atoms with E-state index in [1.807, 2.05) is 0 Å². The molecular weight excluding hydrogens is 166 g/mol. The van der Waals surface area contributed by atoms with Crippen LogP contribution in [0.25, 0.3) is 0 Å². The van der Waals surface area contributed by atoms with Crippen molar-refractivity contribution in [3.05, 3.63) is 0 Å². The van der Waals surface area contributed by atoms with Crippen LogP contribution >= 0.6 is 0 Å². The van der Waals surface area contributed by atoms with Crippen LogP contribution in [0, 0.1) is 5.41 Å². The Bertz CT molecular complexity index is 220. The number of hydrogen-bond donors (Lipinski definition) is 1. The summed E-state index contributed by atoms with van der Waals surface area (Å²) < 4.78 is 5.36. The molecule has 0 fully saturated rings. The van der Waals surface area contributed by atoms with Gasteiger partial charge in [-0.2, -0.15) is 0 Å². The van der Waals surface area contributed by atoms with Gasteiger partial charge in [0.05, 0.1) is 6.04 Å². The molecule has 0 amide bonds. The molecule has 0 aromatic heterocycles. The fraction of sp³-hybridized carbons (Fsp3) is 0.900. The van der Waals surface area contributed by atoms with E-state index in [9.17, 15) is 5.11 Å². The predicted octanol–water partition coefficient (Wildman–Crippen LogP) is 1.60. The monoisotopic (exact) mass is 185 g/mol. The van der Waals surface area contributed by atoms with Gasteiger partial charge >= 0.3 is 0 Å². The van der Waals surface area contributed by atoms with Crippen LogP contribution in [-0.4, -0.2) is 29.3 Å². The van der Waals surface area contributed by atoms with E-state index in [2.05, 4.69) is 25.8 Å². The van der Waals surface area contributed by atoms with Gasteiger partial charge in [0.25, 0.3) is 0 Å². The maximum Gasteiger partial charge on any atom is 0.216 e. The smallest absolute Gasteiger partial charge is 0.216 e. The summed E-state index contributed by atoms with van der Waals surface area (Å²) in [7, 11) is 0. The molecule has 0 radical (unpaired) electrons. The van der Waals surface area contributed by atoms with Crippen molar-refractivity contribution in [2.24, 2.45) is 10.4 Å². The molecule has 0 spiro atoms. The number of nitrogens with zero attached hydrogens (tertiary/aromatic N) is 1. The maximum atomic E-state index is 9.65. The minimum atomic E-state index is -0.944. The lowest BCUT2D eigenvalue weighted by Crippen LogP contribution is -2.31. The molecule has 3 nitrogen and oxygen atoms in total. The SMILES string of the molecule is CC(C)(O)C1=N[C@H](C(C)(C)C)CO1. The average molecular weight is 185 g/mol. The molecule has 0 aromatic carbocycles.